The fourth-order valence-corrected chi connectivity index (χ4v) is 5.44. The molecule has 1 amide bonds. The van der Waals surface area contributed by atoms with Crippen LogP contribution in [0.2, 0.25) is 0 Å². The number of carbonyl (C=O) groups is 1. The first-order valence-electron chi connectivity index (χ1n) is 12.1. The van der Waals surface area contributed by atoms with E-state index in [4.69, 9.17) is 11.6 Å². The molecule has 3 atom stereocenters. The van der Waals surface area contributed by atoms with Crippen molar-refractivity contribution in [3.8, 4) is 0 Å². The van der Waals surface area contributed by atoms with E-state index < -0.39 is 0 Å². The summed E-state index contributed by atoms with van der Waals surface area (Å²) in [4.78, 5) is 20.0. The summed E-state index contributed by atoms with van der Waals surface area (Å²) in [5, 5.41) is 4.43. The molecule has 0 spiro atoms. The van der Waals surface area contributed by atoms with Crippen molar-refractivity contribution in [1.29, 1.82) is 0 Å². The van der Waals surface area contributed by atoms with Crippen LogP contribution in [0.4, 0.5) is 0 Å². The number of benzene rings is 1. The van der Waals surface area contributed by atoms with E-state index in [9.17, 15) is 4.79 Å². The average Bonchev–Trinajstić information content (AvgIpc) is 2.78. The van der Waals surface area contributed by atoms with E-state index in [2.05, 4.69) is 61.1 Å². The minimum absolute atomic E-state index is 0.0123. The Bertz CT molecular complexity index is 1060. The number of carbonyl (C=O) groups excluding carboxylic acids is 1. The molecule has 33 heavy (non-hydrogen) atoms. The first-order valence-corrected chi connectivity index (χ1v) is 12.6. The van der Waals surface area contributed by atoms with Gasteiger partial charge in [-0.1, -0.05) is 52.0 Å². The number of hydrogen-bond donors (Lipinski definition) is 1. The van der Waals surface area contributed by atoms with Gasteiger partial charge in [-0.2, -0.15) is 0 Å². The van der Waals surface area contributed by atoms with Crippen LogP contribution in [0.3, 0.4) is 0 Å². The van der Waals surface area contributed by atoms with E-state index >= 15 is 0 Å². The van der Waals surface area contributed by atoms with Gasteiger partial charge in [0.2, 0.25) is 0 Å². The van der Waals surface area contributed by atoms with Crippen LogP contribution in [0.1, 0.15) is 50.9 Å². The van der Waals surface area contributed by atoms with Crippen LogP contribution in [0.25, 0.3) is 10.9 Å². The molecule has 5 heteroatoms. The second-order valence-electron chi connectivity index (χ2n) is 10.6. The normalized spacial score (nSPS) is 24.0. The summed E-state index contributed by atoms with van der Waals surface area (Å²) in [5.41, 5.74) is 3.21. The van der Waals surface area contributed by atoms with Gasteiger partial charge >= 0.3 is 0 Å². The molecule has 0 saturated carbocycles. The maximum Gasteiger partial charge on any atom is 0.251 e. The topological polar surface area (TPSA) is 45.2 Å². The Kier molecular flexibility index (Phi) is 7.25. The zero-order chi connectivity index (χ0) is 23.6. The van der Waals surface area contributed by atoms with E-state index in [0.717, 1.165) is 43.4 Å². The number of pyridine rings is 1. The molecule has 1 saturated heterocycles. The molecule has 4 nitrogen and oxygen atoms in total. The van der Waals surface area contributed by atoms with Crippen molar-refractivity contribution in [2.45, 2.75) is 52.0 Å². The summed E-state index contributed by atoms with van der Waals surface area (Å²) in [6, 6.07) is 9.71. The standard InChI is InChI=1S/C28H36ClN3O/c1-19(2)26(31-27(33)22-9-12-25-21(16-22)6-5-14-30-25)17-32-15-13-24(28(3,4)18-32)20-7-10-23(29)11-8-20/h5-10,12,14,16,19,23-24,26H,11,13,15,17-18H2,1-4H3,(H,31,33)/t23?,24-,26+/m1/s1. The summed E-state index contributed by atoms with van der Waals surface area (Å²) in [5.74, 6) is 0.885. The highest BCUT2D eigenvalue weighted by Crippen LogP contribution is 2.41. The Balaban J connectivity index is 1.41. The number of rotatable bonds is 6. The quantitative estimate of drug-likeness (QED) is 0.546. The van der Waals surface area contributed by atoms with Crippen molar-refractivity contribution in [3.63, 3.8) is 0 Å². The van der Waals surface area contributed by atoms with Gasteiger partial charge in [0, 0.05) is 36.3 Å². The van der Waals surface area contributed by atoms with Crippen LogP contribution in [0.5, 0.6) is 0 Å². The largest absolute Gasteiger partial charge is 0.348 e. The van der Waals surface area contributed by atoms with Crippen LogP contribution in [0.15, 0.2) is 60.3 Å². The van der Waals surface area contributed by atoms with E-state index in [1.165, 1.54) is 5.57 Å². The van der Waals surface area contributed by atoms with Gasteiger partial charge in [-0.3, -0.25) is 9.78 Å². The Hall–Kier alpha value is -2.17. The lowest BCUT2D eigenvalue weighted by molar-refractivity contribution is 0.0607. The van der Waals surface area contributed by atoms with E-state index in [-0.39, 0.29) is 22.7 Å². The highest BCUT2D eigenvalue weighted by atomic mass is 35.5. The molecule has 1 unspecified atom stereocenters. The second kappa shape index (κ2) is 9.99. The third-order valence-electron chi connectivity index (χ3n) is 7.23. The number of halogens is 1. The molecule has 2 aromatic rings. The molecule has 1 aromatic carbocycles. The number of fused-ring (bicyclic) bond motifs is 1. The Morgan fingerprint density at radius 2 is 2.12 bits per heavy atom. The van der Waals surface area contributed by atoms with Crippen LogP contribution < -0.4 is 5.32 Å². The second-order valence-corrected chi connectivity index (χ2v) is 11.2. The SMILES string of the molecule is CC(C)[C@H](CN1CC[C@H](C2=CCC(Cl)C=C2)C(C)(C)C1)NC(=O)c1ccc2ncccc2c1. The molecule has 1 N–H and O–H groups in total. The maximum atomic E-state index is 13.1. The first-order chi connectivity index (χ1) is 15.7. The number of likely N-dealkylation sites (tertiary alicyclic amines) is 1. The maximum absolute atomic E-state index is 13.1. The summed E-state index contributed by atoms with van der Waals surface area (Å²) in [6.45, 7) is 12.1. The molecule has 0 radical (unpaired) electrons. The van der Waals surface area contributed by atoms with Gasteiger partial charge in [0.1, 0.15) is 0 Å². The summed E-state index contributed by atoms with van der Waals surface area (Å²) in [6.07, 6.45) is 10.5. The Morgan fingerprint density at radius 3 is 2.82 bits per heavy atom. The van der Waals surface area contributed by atoms with Crippen molar-refractivity contribution < 1.29 is 4.79 Å². The van der Waals surface area contributed by atoms with Gasteiger partial charge in [-0.05, 0) is 66.5 Å². The number of alkyl halides is 1. The van der Waals surface area contributed by atoms with Gasteiger partial charge in [0.15, 0.2) is 0 Å². The molecule has 0 bridgehead atoms. The van der Waals surface area contributed by atoms with Gasteiger partial charge < -0.3 is 10.2 Å². The van der Waals surface area contributed by atoms with Crippen molar-refractivity contribution >= 4 is 28.4 Å². The molecule has 4 rings (SSSR count). The fraction of sp³-hybridized carbons (Fsp3) is 0.500. The van der Waals surface area contributed by atoms with Crippen LogP contribution in [0, 0.1) is 17.3 Å². The molecule has 176 valence electrons. The summed E-state index contributed by atoms with van der Waals surface area (Å²) >= 11 is 6.24. The van der Waals surface area contributed by atoms with Crippen molar-refractivity contribution in [1.82, 2.24) is 15.2 Å². The minimum atomic E-state index is -0.0123. The van der Waals surface area contributed by atoms with E-state index in [1.54, 1.807) is 6.20 Å². The molecule has 1 fully saturated rings. The zero-order valence-electron chi connectivity index (χ0n) is 20.2. The Morgan fingerprint density at radius 1 is 1.30 bits per heavy atom. The highest BCUT2D eigenvalue weighted by Gasteiger charge is 2.38. The molecule has 2 heterocycles. The fourth-order valence-electron chi connectivity index (χ4n) is 5.28. The molecular weight excluding hydrogens is 430 g/mol. The van der Waals surface area contributed by atoms with Gasteiger partial charge in [0.05, 0.1) is 10.9 Å². The number of aromatic nitrogens is 1. The van der Waals surface area contributed by atoms with Gasteiger partial charge in [-0.25, -0.2) is 0 Å². The number of allylic oxidation sites excluding steroid dienone is 4. The third-order valence-corrected chi connectivity index (χ3v) is 7.55. The number of nitrogens with zero attached hydrogens (tertiary/aromatic N) is 2. The van der Waals surface area contributed by atoms with Gasteiger partial charge in [-0.15, -0.1) is 11.6 Å². The molecule has 1 aliphatic carbocycles. The number of nitrogens with one attached hydrogen (secondary N) is 1. The molecule has 1 aliphatic heterocycles. The Labute approximate surface area is 203 Å². The summed E-state index contributed by atoms with van der Waals surface area (Å²) < 4.78 is 0. The van der Waals surface area contributed by atoms with E-state index in [1.807, 2.05) is 30.3 Å². The lowest BCUT2D eigenvalue weighted by Crippen LogP contribution is -2.52. The first kappa shape index (κ1) is 24.0. The number of piperidine rings is 1. The molecule has 1 aromatic heterocycles. The number of hydrogen-bond acceptors (Lipinski definition) is 3. The lowest BCUT2D eigenvalue weighted by atomic mass is 9.69. The predicted molar refractivity (Wildman–Crippen MR) is 138 cm³/mol. The van der Waals surface area contributed by atoms with Crippen LogP contribution in [-0.2, 0) is 0 Å². The van der Waals surface area contributed by atoms with Crippen molar-refractivity contribution in [3.05, 3.63) is 65.9 Å². The average molecular weight is 466 g/mol. The third kappa shape index (κ3) is 5.67. The molecule has 2 aliphatic rings. The van der Waals surface area contributed by atoms with Crippen molar-refractivity contribution in [2.75, 3.05) is 19.6 Å². The molecular formula is C28H36ClN3O. The summed E-state index contributed by atoms with van der Waals surface area (Å²) in [7, 11) is 0. The lowest BCUT2D eigenvalue weighted by Gasteiger charge is -2.46. The highest BCUT2D eigenvalue weighted by molar-refractivity contribution is 6.22. The van der Waals surface area contributed by atoms with Crippen molar-refractivity contribution in [2.24, 2.45) is 17.3 Å². The monoisotopic (exact) mass is 465 g/mol. The zero-order valence-corrected chi connectivity index (χ0v) is 21.0. The number of amides is 1. The van der Waals surface area contributed by atoms with Crippen LogP contribution >= 0.6 is 11.6 Å². The van der Waals surface area contributed by atoms with Crippen LogP contribution in [-0.4, -0.2) is 46.8 Å². The smallest absolute Gasteiger partial charge is 0.251 e. The van der Waals surface area contributed by atoms with E-state index in [0.29, 0.717) is 17.4 Å². The van der Waals surface area contributed by atoms with Gasteiger partial charge in [0.25, 0.3) is 5.91 Å². The minimum Gasteiger partial charge on any atom is -0.348 e. The predicted octanol–water partition coefficient (Wildman–Crippen LogP) is 5.83.